The predicted octanol–water partition coefficient (Wildman–Crippen LogP) is 5.51. The fourth-order valence-electron chi connectivity index (χ4n) is 4.91. The summed E-state index contributed by atoms with van der Waals surface area (Å²) in [5.41, 5.74) is -0.517. The molecule has 1 aromatic heterocycles. The first-order valence-electron chi connectivity index (χ1n) is 12.5. The Morgan fingerprint density at radius 3 is 2.24 bits per heavy atom. The number of carbonyl (C=O) groups excluding carboxylic acids is 2. The summed E-state index contributed by atoms with van der Waals surface area (Å²) in [6.45, 7) is 0.0838. The maximum Gasteiger partial charge on any atom is 0.435 e. The van der Waals surface area contributed by atoms with Crippen molar-refractivity contribution >= 4 is 11.7 Å². The quantitative estimate of drug-likeness (QED) is 0.370. The molecule has 0 spiro atoms. The highest BCUT2D eigenvalue weighted by Crippen LogP contribution is 2.37. The average Bonchev–Trinajstić information content (AvgIpc) is 3.38. The van der Waals surface area contributed by atoms with E-state index in [1.54, 1.807) is 30.3 Å². The van der Waals surface area contributed by atoms with Crippen molar-refractivity contribution in [1.29, 1.82) is 0 Å². The lowest BCUT2D eigenvalue weighted by Gasteiger charge is -2.31. The van der Waals surface area contributed by atoms with Crippen LogP contribution in [0.1, 0.15) is 66.2 Å². The number of Topliss-reactive ketones (excluding diaryl/α,β-unsaturated/α-hetero) is 1. The SMILES string of the molecule is O=C(NCCCC(=O)C1CCC([C@H](O)c2ccccc2)CC1)c1cn(-c2ccccc2)nc1C(F)(F)F. The standard InChI is InChI=1S/C28H30F3N3O3/c29-28(30,31)26-23(18-34(33-26)22-10-5-2-6-11-22)27(37)32-17-7-12-24(35)19-13-15-21(16-14-19)25(36)20-8-3-1-4-9-20/h1-6,8-11,18-19,21,25,36H,7,12-17H2,(H,32,37)/t19?,21?,25-/m1/s1. The van der Waals surface area contributed by atoms with Gasteiger partial charge in [0.2, 0.25) is 0 Å². The smallest absolute Gasteiger partial charge is 0.388 e. The molecule has 2 N–H and O–H groups in total. The number of rotatable bonds is 9. The fourth-order valence-corrected chi connectivity index (χ4v) is 4.91. The Labute approximate surface area is 213 Å². The number of benzene rings is 2. The molecule has 1 saturated carbocycles. The van der Waals surface area contributed by atoms with Crippen LogP contribution in [0.3, 0.4) is 0 Å². The molecule has 1 aliphatic carbocycles. The Morgan fingerprint density at radius 1 is 1.00 bits per heavy atom. The summed E-state index contributed by atoms with van der Waals surface area (Å²) >= 11 is 0. The van der Waals surface area contributed by atoms with E-state index in [2.05, 4.69) is 10.4 Å². The Bertz CT molecular complexity index is 1190. The van der Waals surface area contributed by atoms with Gasteiger partial charge < -0.3 is 10.4 Å². The molecule has 1 atom stereocenters. The van der Waals surface area contributed by atoms with Gasteiger partial charge in [-0.05, 0) is 55.7 Å². The van der Waals surface area contributed by atoms with Gasteiger partial charge in [0.1, 0.15) is 5.78 Å². The van der Waals surface area contributed by atoms with Crippen LogP contribution < -0.4 is 5.32 Å². The second-order valence-corrected chi connectivity index (χ2v) is 9.46. The summed E-state index contributed by atoms with van der Waals surface area (Å²) in [6, 6.07) is 17.7. The molecule has 37 heavy (non-hydrogen) atoms. The summed E-state index contributed by atoms with van der Waals surface area (Å²) in [5.74, 6) is -0.756. The zero-order valence-corrected chi connectivity index (χ0v) is 20.3. The van der Waals surface area contributed by atoms with Crippen molar-refractivity contribution in [2.75, 3.05) is 6.54 Å². The van der Waals surface area contributed by atoms with Crippen LogP contribution in [-0.2, 0) is 11.0 Å². The number of nitrogens with one attached hydrogen (secondary N) is 1. The molecule has 196 valence electrons. The molecule has 0 unspecified atom stereocenters. The summed E-state index contributed by atoms with van der Waals surface area (Å²) in [7, 11) is 0. The normalized spacial score (nSPS) is 18.8. The van der Waals surface area contributed by atoms with E-state index in [0.29, 0.717) is 24.9 Å². The highest BCUT2D eigenvalue weighted by molar-refractivity contribution is 5.95. The molecule has 1 heterocycles. The van der Waals surface area contributed by atoms with Crippen molar-refractivity contribution in [3.8, 4) is 5.69 Å². The Hall–Kier alpha value is -3.46. The van der Waals surface area contributed by atoms with E-state index < -0.39 is 29.4 Å². The molecule has 9 heteroatoms. The zero-order valence-electron chi connectivity index (χ0n) is 20.3. The third kappa shape index (κ3) is 6.65. The number of aliphatic hydroxyl groups excluding tert-OH is 1. The molecular formula is C28H30F3N3O3. The van der Waals surface area contributed by atoms with E-state index in [-0.39, 0.29) is 30.6 Å². The minimum absolute atomic E-state index is 0.0838. The van der Waals surface area contributed by atoms with Gasteiger partial charge in [0.05, 0.1) is 17.4 Å². The van der Waals surface area contributed by atoms with Crippen molar-refractivity contribution in [2.24, 2.45) is 11.8 Å². The minimum atomic E-state index is -4.78. The molecule has 6 nitrogen and oxygen atoms in total. The van der Waals surface area contributed by atoms with Crippen molar-refractivity contribution in [3.05, 3.63) is 83.7 Å². The molecule has 1 fully saturated rings. The molecule has 4 rings (SSSR count). The van der Waals surface area contributed by atoms with E-state index in [4.69, 9.17) is 0 Å². The van der Waals surface area contributed by atoms with Gasteiger partial charge >= 0.3 is 6.18 Å². The molecule has 0 aliphatic heterocycles. The number of alkyl halides is 3. The average molecular weight is 514 g/mol. The van der Waals surface area contributed by atoms with E-state index in [1.807, 2.05) is 30.3 Å². The Morgan fingerprint density at radius 2 is 1.62 bits per heavy atom. The largest absolute Gasteiger partial charge is 0.435 e. The second kappa shape index (κ2) is 11.7. The maximum atomic E-state index is 13.5. The number of amides is 1. The highest BCUT2D eigenvalue weighted by atomic mass is 19.4. The third-order valence-electron chi connectivity index (χ3n) is 6.95. The lowest BCUT2D eigenvalue weighted by molar-refractivity contribution is -0.141. The topological polar surface area (TPSA) is 84.2 Å². The van der Waals surface area contributed by atoms with Crippen molar-refractivity contribution in [2.45, 2.75) is 50.8 Å². The summed E-state index contributed by atoms with van der Waals surface area (Å²) in [5, 5.41) is 16.7. The lowest BCUT2D eigenvalue weighted by atomic mass is 9.76. The van der Waals surface area contributed by atoms with Gasteiger partial charge in [0.25, 0.3) is 5.91 Å². The number of nitrogens with zero attached hydrogens (tertiary/aromatic N) is 2. The first-order chi connectivity index (χ1) is 17.7. The lowest BCUT2D eigenvalue weighted by Crippen LogP contribution is -2.28. The predicted molar refractivity (Wildman–Crippen MR) is 132 cm³/mol. The van der Waals surface area contributed by atoms with Crippen LogP contribution in [0, 0.1) is 11.8 Å². The molecule has 3 aromatic rings. The highest BCUT2D eigenvalue weighted by Gasteiger charge is 2.39. The van der Waals surface area contributed by atoms with Crippen LogP contribution in [0.5, 0.6) is 0 Å². The van der Waals surface area contributed by atoms with Crippen LogP contribution in [0.4, 0.5) is 13.2 Å². The molecule has 1 amide bonds. The van der Waals surface area contributed by atoms with Crippen molar-refractivity contribution < 1.29 is 27.9 Å². The fraction of sp³-hybridized carbons (Fsp3) is 0.393. The number of hydrogen-bond donors (Lipinski definition) is 2. The Kier molecular flexibility index (Phi) is 8.43. The molecule has 0 bridgehead atoms. The maximum absolute atomic E-state index is 13.5. The number of aliphatic hydroxyl groups is 1. The van der Waals surface area contributed by atoms with Gasteiger partial charge in [0, 0.05) is 25.1 Å². The third-order valence-corrected chi connectivity index (χ3v) is 6.95. The van der Waals surface area contributed by atoms with Crippen LogP contribution >= 0.6 is 0 Å². The zero-order chi connectivity index (χ0) is 26.4. The van der Waals surface area contributed by atoms with Gasteiger partial charge in [-0.2, -0.15) is 18.3 Å². The van der Waals surface area contributed by atoms with Gasteiger partial charge in [-0.1, -0.05) is 48.5 Å². The van der Waals surface area contributed by atoms with Crippen LogP contribution in [0.25, 0.3) is 5.69 Å². The second-order valence-electron chi connectivity index (χ2n) is 9.46. The van der Waals surface area contributed by atoms with Crippen LogP contribution in [0.15, 0.2) is 66.9 Å². The van der Waals surface area contributed by atoms with Gasteiger partial charge in [-0.3, -0.25) is 9.59 Å². The van der Waals surface area contributed by atoms with Crippen molar-refractivity contribution in [1.82, 2.24) is 15.1 Å². The summed E-state index contributed by atoms with van der Waals surface area (Å²) < 4.78 is 41.5. The molecule has 2 aromatic carbocycles. The first kappa shape index (κ1) is 26.6. The van der Waals surface area contributed by atoms with Gasteiger partial charge in [0.15, 0.2) is 5.69 Å². The van der Waals surface area contributed by atoms with Gasteiger partial charge in [-0.15, -0.1) is 0 Å². The monoisotopic (exact) mass is 513 g/mol. The summed E-state index contributed by atoms with van der Waals surface area (Å²) in [4.78, 5) is 25.2. The first-order valence-corrected chi connectivity index (χ1v) is 12.5. The molecule has 0 saturated heterocycles. The number of halogens is 3. The molecule has 0 radical (unpaired) electrons. The van der Waals surface area contributed by atoms with E-state index >= 15 is 0 Å². The molecule has 1 aliphatic rings. The Balaban J connectivity index is 1.25. The molecular weight excluding hydrogens is 483 g/mol. The van der Waals surface area contributed by atoms with E-state index in [1.165, 1.54) is 0 Å². The summed E-state index contributed by atoms with van der Waals surface area (Å²) in [6.07, 6.45) is -0.751. The number of hydrogen-bond acceptors (Lipinski definition) is 4. The number of aromatic nitrogens is 2. The number of ketones is 1. The van der Waals surface area contributed by atoms with E-state index in [0.717, 1.165) is 29.3 Å². The minimum Gasteiger partial charge on any atom is -0.388 e. The van der Waals surface area contributed by atoms with Crippen molar-refractivity contribution in [3.63, 3.8) is 0 Å². The van der Waals surface area contributed by atoms with Crippen LogP contribution in [-0.4, -0.2) is 33.1 Å². The van der Waals surface area contributed by atoms with Crippen LogP contribution in [0.2, 0.25) is 0 Å². The number of carbonyl (C=O) groups is 2. The van der Waals surface area contributed by atoms with Gasteiger partial charge in [-0.25, -0.2) is 4.68 Å². The van der Waals surface area contributed by atoms with E-state index in [9.17, 15) is 27.9 Å². The number of para-hydroxylation sites is 1.